The van der Waals surface area contributed by atoms with Gasteiger partial charge in [-0.25, -0.2) is 4.98 Å². The lowest BCUT2D eigenvalue weighted by Gasteiger charge is -2.28. The van der Waals surface area contributed by atoms with E-state index >= 15 is 0 Å². The molecule has 0 aromatic carbocycles. The number of oxime groups is 1. The van der Waals surface area contributed by atoms with Gasteiger partial charge in [-0.05, 0) is 12.8 Å². The van der Waals surface area contributed by atoms with E-state index < -0.39 is 5.41 Å². The summed E-state index contributed by atoms with van der Waals surface area (Å²) in [6, 6.07) is 0. The largest absolute Gasteiger partial charge is 0.409 e. The summed E-state index contributed by atoms with van der Waals surface area (Å²) in [5.74, 6) is 0.636. The monoisotopic (exact) mass is 281 g/mol. The minimum Gasteiger partial charge on any atom is -0.409 e. The molecule has 0 aliphatic carbocycles. The van der Waals surface area contributed by atoms with Gasteiger partial charge in [-0.2, -0.15) is 0 Å². The Morgan fingerprint density at radius 2 is 2.20 bits per heavy atom. The van der Waals surface area contributed by atoms with E-state index in [9.17, 15) is 4.79 Å². The lowest BCUT2D eigenvalue weighted by molar-refractivity contribution is -0.127. The number of nitrogens with two attached hydrogens (primary N) is 1. The van der Waals surface area contributed by atoms with Crippen molar-refractivity contribution in [2.45, 2.75) is 33.1 Å². The number of hydrogen-bond donors (Lipinski definition) is 3. The third-order valence-electron chi connectivity index (χ3n) is 3.79. The molecule has 0 spiro atoms. The maximum atomic E-state index is 12.3. The molecule has 0 saturated carbocycles. The zero-order valence-electron chi connectivity index (χ0n) is 12.3. The molecule has 7 heteroatoms. The van der Waals surface area contributed by atoms with Crippen molar-refractivity contribution in [2.24, 2.45) is 23.4 Å². The number of amidine groups is 1. The van der Waals surface area contributed by atoms with Crippen LogP contribution in [0.2, 0.25) is 0 Å². The first-order chi connectivity index (χ1) is 9.51. The maximum absolute atomic E-state index is 12.3. The summed E-state index contributed by atoms with van der Waals surface area (Å²) in [5.41, 5.74) is 4.74. The van der Waals surface area contributed by atoms with Crippen LogP contribution in [-0.4, -0.2) is 33.0 Å². The van der Waals surface area contributed by atoms with Gasteiger partial charge in [0.2, 0.25) is 5.91 Å². The number of amides is 1. The predicted molar refractivity (Wildman–Crippen MR) is 76.3 cm³/mol. The molecule has 0 radical (unpaired) electrons. The van der Waals surface area contributed by atoms with Crippen molar-refractivity contribution in [1.29, 1.82) is 0 Å². The normalized spacial score (nSPS) is 12.4. The molecule has 4 N–H and O–H groups in total. The lowest BCUT2D eigenvalue weighted by Crippen LogP contribution is -2.49. The van der Waals surface area contributed by atoms with E-state index in [-0.39, 0.29) is 11.7 Å². The first kappa shape index (κ1) is 16.0. The highest BCUT2D eigenvalue weighted by Crippen LogP contribution is 2.26. The van der Waals surface area contributed by atoms with E-state index in [1.54, 1.807) is 6.20 Å². The summed E-state index contributed by atoms with van der Waals surface area (Å²) in [7, 11) is 1.91. The van der Waals surface area contributed by atoms with Gasteiger partial charge >= 0.3 is 0 Å². The number of imidazole rings is 1. The van der Waals surface area contributed by atoms with Gasteiger partial charge in [-0.1, -0.05) is 19.0 Å². The summed E-state index contributed by atoms with van der Waals surface area (Å²) in [4.78, 5) is 16.5. The van der Waals surface area contributed by atoms with Gasteiger partial charge in [0, 0.05) is 32.4 Å². The van der Waals surface area contributed by atoms with Crippen molar-refractivity contribution in [1.82, 2.24) is 14.9 Å². The standard InChI is InChI=1S/C13H23N5O2/c1-4-13(5-2,11(14)17-20)12(19)16-7-6-10-15-8-9-18(10)3/h8-9,20H,4-7H2,1-3H3,(H2,14,17)(H,16,19). The van der Waals surface area contributed by atoms with Crippen molar-refractivity contribution in [3.63, 3.8) is 0 Å². The third-order valence-corrected chi connectivity index (χ3v) is 3.79. The Hall–Kier alpha value is -2.05. The predicted octanol–water partition coefficient (Wildman–Crippen LogP) is 0.632. The lowest BCUT2D eigenvalue weighted by atomic mass is 9.80. The summed E-state index contributed by atoms with van der Waals surface area (Å²) >= 11 is 0. The number of aromatic nitrogens is 2. The Kier molecular flexibility index (Phi) is 5.54. The average molecular weight is 281 g/mol. The van der Waals surface area contributed by atoms with Crippen LogP contribution >= 0.6 is 0 Å². The van der Waals surface area contributed by atoms with Crippen molar-refractivity contribution in [3.8, 4) is 0 Å². The Morgan fingerprint density at radius 3 is 2.65 bits per heavy atom. The molecular weight excluding hydrogens is 258 g/mol. The van der Waals surface area contributed by atoms with Crippen molar-refractivity contribution in [2.75, 3.05) is 6.54 Å². The second-order valence-corrected chi connectivity index (χ2v) is 4.73. The molecule has 0 atom stereocenters. The smallest absolute Gasteiger partial charge is 0.233 e. The van der Waals surface area contributed by atoms with Crippen LogP contribution in [-0.2, 0) is 18.3 Å². The van der Waals surface area contributed by atoms with E-state index in [2.05, 4.69) is 15.5 Å². The van der Waals surface area contributed by atoms with Crippen molar-refractivity contribution >= 4 is 11.7 Å². The molecule has 1 aromatic heterocycles. The van der Waals surface area contributed by atoms with Gasteiger partial charge in [0.05, 0.1) is 0 Å². The van der Waals surface area contributed by atoms with Crippen LogP contribution in [0.4, 0.5) is 0 Å². The molecule has 0 fully saturated rings. The molecule has 1 heterocycles. The molecule has 0 saturated heterocycles. The first-order valence-electron chi connectivity index (χ1n) is 6.74. The molecule has 1 aromatic rings. The van der Waals surface area contributed by atoms with E-state index in [1.807, 2.05) is 31.7 Å². The highest BCUT2D eigenvalue weighted by Gasteiger charge is 2.39. The van der Waals surface area contributed by atoms with Gasteiger partial charge in [-0.15, -0.1) is 0 Å². The SMILES string of the molecule is CCC(CC)(C(=O)NCCc1nccn1C)C(N)=NO. The van der Waals surface area contributed by atoms with Crippen LogP contribution in [0.3, 0.4) is 0 Å². The Morgan fingerprint density at radius 1 is 1.55 bits per heavy atom. The van der Waals surface area contributed by atoms with E-state index in [0.29, 0.717) is 25.8 Å². The van der Waals surface area contributed by atoms with Crippen LogP contribution in [0.25, 0.3) is 0 Å². The number of aryl methyl sites for hydroxylation is 1. The van der Waals surface area contributed by atoms with E-state index in [4.69, 9.17) is 10.9 Å². The fraction of sp³-hybridized carbons (Fsp3) is 0.615. The van der Waals surface area contributed by atoms with E-state index in [0.717, 1.165) is 5.82 Å². The third kappa shape index (κ3) is 3.09. The number of nitrogens with zero attached hydrogens (tertiary/aromatic N) is 3. The molecular formula is C13H23N5O2. The van der Waals surface area contributed by atoms with Crippen LogP contribution in [0.1, 0.15) is 32.5 Å². The Labute approximate surface area is 118 Å². The van der Waals surface area contributed by atoms with Crippen LogP contribution in [0.15, 0.2) is 17.5 Å². The molecule has 20 heavy (non-hydrogen) atoms. The molecule has 112 valence electrons. The number of hydrogen-bond acceptors (Lipinski definition) is 4. The minimum absolute atomic E-state index is 0.0445. The summed E-state index contributed by atoms with van der Waals surface area (Å²) in [6.07, 6.45) is 5.17. The second kappa shape index (κ2) is 6.93. The van der Waals surface area contributed by atoms with Gasteiger partial charge in [-0.3, -0.25) is 4.79 Å². The highest BCUT2D eigenvalue weighted by molar-refractivity contribution is 6.06. The van der Waals surface area contributed by atoms with Crippen LogP contribution in [0, 0.1) is 5.41 Å². The topological polar surface area (TPSA) is 106 Å². The maximum Gasteiger partial charge on any atom is 0.233 e. The summed E-state index contributed by atoms with van der Waals surface area (Å²) in [5, 5.41) is 14.7. The molecule has 0 bridgehead atoms. The average Bonchev–Trinajstić information content (AvgIpc) is 2.86. The Bertz CT molecular complexity index is 477. The zero-order valence-corrected chi connectivity index (χ0v) is 12.3. The molecule has 0 aliphatic heterocycles. The van der Waals surface area contributed by atoms with Gasteiger partial charge in [0.15, 0.2) is 5.84 Å². The molecule has 1 rings (SSSR count). The van der Waals surface area contributed by atoms with Gasteiger partial charge in [0.1, 0.15) is 11.2 Å². The quantitative estimate of drug-likeness (QED) is 0.295. The fourth-order valence-corrected chi connectivity index (χ4v) is 2.24. The summed E-state index contributed by atoms with van der Waals surface area (Å²) < 4.78 is 1.91. The summed E-state index contributed by atoms with van der Waals surface area (Å²) in [6.45, 7) is 4.16. The number of carbonyl (C=O) groups is 1. The number of nitrogens with one attached hydrogen (secondary N) is 1. The van der Waals surface area contributed by atoms with Crippen molar-refractivity contribution in [3.05, 3.63) is 18.2 Å². The number of rotatable bonds is 7. The minimum atomic E-state index is -0.948. The van der Waals surface area contributed by atoms with E-state index in [1.165, 1.54) is 0 Å². The van der Waals surface area contributed by atoms with Gasteiger partial charge < -0.3 is 20.8 Å². The van der Waals surface area contributed by atoms with Crippen molar-refractivity contribution < 1.29 is 10.0 Å². The van der Waals surface area contributed by atoms with Crippen LogP contribution < -0.4 is 11.1 Å². The van der Waals surface area contributed by atoms with Crippen LogP contribution in [0.5, 0.6) is 0 Å². The molecule has 7 nitrogen and oxygen atoms in total. The van der Waals surface area contributed by atoms with Gasteiger partial charge in [0.25, 0.3) is 0 Å². The number of carbonyl (C=O) groups excluding carboxylic acids is 1. The highest BCUT2D eigenvalue weighted by atomic mass is 16.4. The molecule has 0 aliphatic rings. The first-order valence-corrected chi connectivity index (χ1v) is 6.74. The fourth-order valence-electron chi connectivity index (χ4n) is 2.24. The molecule has 1 amide bonds. The molecule has 0 unspecified atom stereocenters. The second-order valence-electron chi connectivity index (χ2n) is 4.73. The Balaban J connectivity index is 2.66. The zero-order chi connectivity index (χ0) is 15.2.